The maximum Gasteiger partial charge on any atom is 0.416 e. The Balaban J connectivity index is 1.66. The molecule has 3 aromatic rings. The predicted octanol–water partition coefficient (Wildman–Crippen LogP) is 4.26. The fraction of sp³-hybridized carbons (Fsp3) is 0.182. The molecule has 7 nitrogen and oxygen atoms in total. The molecule has 1 aliphatic heterocycles. The van der Waals surface area contributed by atoms with Crippen molar-refractivity contribution in [1.29, 1.82) is 0 Å². The van der Waals surface area contributed by atoms with Crippen LogP contribution in [-0.4, -0.2) is 29.4 Å². The maximum atomic E-state index is 13.2. The molecule has 0 spiro atoms. The number of imide groups is 1. The second-order valence-electron chi connectivity index (χ2n) is 7.50. The molecule has 2 heterocycles. The van der Waals surface area contributed by atoms with Crippen LogP contribution in [0.25, 0.3) is 11.1 Å². The van der Waals surface area contributed by atoms with Gasteiger partial charge >= 0.3 is 12.2 Å². The van der Waals surface area contributed by atoms with Gasteiger partial charge in [-0.1, -0.05) is 35.9 Å². The molecule has 4 amide bonds. The Kier molecular flexibility index (Phi) is 6.09. The highest BCUT2D eigenvalue weighted by molar-refractivity contribution is 7.10. The van der Waals surface area contributed by atoms with Gasteiger partial charge in [-0.3, -0.25) is 14.9 Å². The Morgan fingerprint density at radius 2 is 1.88 bits per heavy atom. The number of halogens is 4. The lowest BCUT2D eigenvalue weighted by Crippen LogP contribution is -2.52. The van der Waals surface area contributed by atoms with E-state index in [9.17, 15) is 27.6 Å². The van der Waals surface area contributed by atoms with Gasteiger partial charge in [0.1, 0.15) is 0 Å². The molecule has 1 unspecified atom stereocenters. The number of aryl methyl sites for hydroxylation is 1. The van der Waals surface area contributed by atoms with Gasteiger partial charge in [0, 0.05) is 0 Å². The van der Waals surface area contributed by atoms with Gasteiger partial charge in [0.25, 0.3) is 11.8 Å². The van der Waals surface area contributed by atoms with Crippen molar-refractivity contribution in [2.45, 2.75) is 18.6 Å². The molecule has 1 saturated heterocycles. The summed E-state index contributed by atoms with van der Waals surface area (Å²) in [4.78, 5) is 42.4. The lowest BCUT2D eigenvalue weighted by atomic mass is 9.95. The van der Waals surface area contributed by atoms with E-state index in [2.05, 4.69) is 20.9 Å². The third-order valence-electron chi connectivity index (χ3n) is 5.35. The number of benzene rings is 2. The van der Waals surface area contributed by atoms with Crippen LogP contribution in [0.2, 0.25) is 5.02 Å². The quantitative estimate of drug-likeness (QED) is 0.448. The number of nitrogens with one attached hydrogen (secondary N) is 3. The third kappa shape index (κ3) is 4.24. The van der Waals surface area contributed by atoms with Crippen LogP contribution in [0.4, 0.5) is 18.0 Å². The van der Waals surface area contributed by atoms with Gasteiger partial charge in [-0.05, 0) is 36.2 Å². The van der Waals surface area contributed by atoms with E-state index in [0.717, 1.165) is 23.5 Å². The minimum Gasteiger partial charge on any atom is -0.349 e. The first kappa shape index (κ1) is 23.7. The lowest BCUT2D eigenvalue weighted by molar-refractivity contribution is -0.137. The Hall–Kier alpha value is -3.44. The van der Waals surface area contributed by atoms with Crippen LogP contribution < -0.4 is 16.0 Å². The standard InChI is InChI=1S/C22H16ClF3N4O3S/c1-11-17(34-10-28-11)21(19(32)29-20(33)30-21)9-27-18(31)16-14(3-2-4-15(16)23)12-5-7-13(8-6-12)22(24,25)26/h2-8,10H,9H2,1H3,(H,27,31)(H2,29,30,32,33). The normalized spacial score (nSPS) is 17.9. The van der Waals surface area contributed by atoms with E-state index in [1.807, 2.05) is 0 Å². The summed E-state index contributed by atoms with van der Waals surface area (Å²) in [6.45, 7) is 1.37. The van der Waals surface area contributed by atoms with E-state index in [1.165, 1.54) is 23.7 Å². The van der Waals surface area contributed by atoms with Crippen LogP contribution >= 0.6 is 22.9 Å². The molecule has 1 aliphatic rings. The fourth-order valence-corrected chi connectivity index (χ4v) is 4.92. The van der Waals surface area contributed by atoms with Crippen LogP contribution in [0.15, 0.2) is 48.0 Å². The number of carbonyl (C=O) groups excluding carboxylic acids is 3. The molecule has 4 rings (SSSR count). The number of aromatic nitrogens is 1. The van der Waals surface area contributed by atoms with E-state index in [0.29, 0.717) is 21.7 Å². The van der Waals surface area contributed by atoms with Crippen LogP contribution in [0.1, 0.15) is 26.5 Å². The minimum atomic E-state index is -4.50. The molecule has 34 heavy (non-hydrogen) atoms. The molecule has 12 heteroatoms. The number of alkyl halides is 3. The van der Waals surface area contributed by atoms with Crippen molar-refractivity contribution in [3.63, 3.8) is 0 Å². The number of urea groups is 1. The topological polar surface area (TPSA) is 100 Å². The largest absolute Gasteiger partial charge is 0.416 e. The smallest absolute Gasteiger partial charge is 0.349 e. The van der Waals surface area contributed by atoms with Crippen molar-refractivity contribution < 1.29 is 27.6 Å². The predicted molar refractivity (Wildman–Crippen MR) is 119 cm³/mol. The molecular formula is C22H16ClF3N4O3S. The lowest BCUT2D eigenvalue weighted by Gasteiger charge is -2.26. The average Bonchev–Trinajstić information content (AvgIpc) is 3.33. The molecule has 1 aromatic heterocycles. The summed E-state index contributed by atoms with van der Waals surface area (Å²) in [6.07, 6.45) is -4.50. The third-order valence-corrected chi connectivity index (χ3v) is 6.76. The number of carbonyl (C=O) groups is 3. The zero-order chi connectivity index (χ0) is 24.7. The summed E-state index contributed by atoms with van der Waals surface area (Å²) in [5, 5.41) is 7.44. The van der Waals surface area contributed by atoms with E-state index >= 15 is 0 Å². The van der Waals surface area contributed by atoms with Gasteiger partial charge in [0.2, 0.25) is 0 Å². The molecule has 0 radical (unpaired) electrons. The SMILES string of the molecule is Cc1ncsc1C1(CNC(=O)c2c(Cl)cccc2-c2ccc(C(F)(F)F)cc2)NC(=O)NC1=O. The summed E-state index contributed by atoms with van der Waals surface area (Å²) < 4.78 is 38.8. The molecule has 1 fully saturated rings. The van der Waals surface area contributed by atoms with E-state index in [4.69, 9.17) is 11.6 Å². The molecule has 3 N–H and O–H groups in total. The summed E-state index contributed by atoms with van der Waals surface area (Å²) >= 11 is 7.44. The van der Waals surface area contributed by atoms with Crippen molar-refractivity contribution >= 4 is 40.8 Å². The number of hydrogen-bond acceptors (Lipinski definition) is 5. The fourth-order valence-electron chi connectivity index (χ4n) is 3.70. The zero-order valence-electron chi connectivity index (χ0n) is 17.4. The number of nitrogens with zero attached hydrogens (tertiary/aromatic N) is 1. The van der Waals surface area contributed by atoms with E-state index in [-0.39, 0.29) is 17.1 Å². The number of rotatable bonds is 5. The second-order valence-corrected chi connectivity index (χ2v) is 8.76. The van der Waals surface area contributed by atoms with Gasteiger partial charge < -0.3 is 10.6 Å². The molecule has 0 saturated carbocycles. The van der Waals surface area contributed by atoms with Gasteiger partial charge in [0.15, 0.2) is 5.54 Å². The second kappa shape index (κ2) is 8.73. The van der Waals surface area contributed by atoms with Crippen molar-refractivity contribution in [2.75, 3.05) is 6.54 Å². The Labute approximate surface area is 200 Å². The number of amides is 4. The Bertz CT molecular complexity index is 1290. The Morgan fingerprint density at radius 1 is 1.18 bits per heavy atom. The van der Waals surface area contributed by atoms with Crippen molar-refractivity contribution in [3.05, 3.63) is 74.7 Å². The summed E-state index contributed by atoms with van der Waals surface area (Å²) in [5.74, 6) is -1.32. The van der Waals surface area contributed by atoms with Crippen molar-refractivity contribution in [3.8, 4) is 11.1 Å². The summed E-state index contributed by atoms with van der Waals surface area (Å²) in [7, 11) is 0. The molecule has 2 aromatic carbocycles. The molecule has 0 bridgehead atoms. The van der Waals surface area contributed by atoms with Crippen LogP contribution in [0, 0.1) is 6.92 Å². The van der Waals surface area contributed by atoms with Gasteiger partial charge in [-0.25, -0.2) is 9.78 Å². The number of thiazole rings is 1. The highest BCUT2D eigenvalue weighted by Gasteiger charge is 2.50. The highest BCUT2D eigenvalue weighted by Crippen LogP contribution is 2.34. The monoisotopic (exact) mass is 508 g/mol. The first-order valence-electron chi connectivity index (χ1n) is 9.81. The van der Waals surface area contributed by atoms with Gasteiger partial charge in [-0.15, -0.1) is 11.3 Å². The molecule has 176 valence electrons. The first-order valence-corrected chi connectivity index (χ1v) is 11.1. The van der Waals surface area contributed by atoms with Gasteiger partial charge in [0.05, 0.1) is 38.8 Å². The van der Waals surface area contributed by atoms with Crippen LogP contribution in [0.3, 0.4) is 0 Å². The van der Waals surface area contributed by atoms with Crippen LogP contribution in [0.5, 0.6) is 0 Å². The molecule has 0 aliphatic carbocycles. The molecular weight excluding hydrogens is 493 g/mol. The van der Waals surface area contributed by atoms with Crippen LogP contribution in [-0.2, 0) is 16.5 Å². The van der Waals surface area contributed by atoms with Crippen molar-refractivity contribution in [1.82, 2.24) is 20.9 Å². The van der Waals surface area contributed by atoms with E-state index in [1.54, 1.807) is 19.1 Å². The van der Waals surface area contributed by atoms with Crippen molar-refractivity contribution in [2.24, 2.45) is 0 Å². The summed E-state index contributed by atoms with van der Waals surface area (Å²) in [6, 6.07) is 8.20. The average molecular weight is 509 g/mol. The minimum absolute atomic E-state index is 0.0184. The summed E-state index contributed by atoms with van der Waals surface area (Å²) in [5.41, 5.74) is 0.317. The van der Waals surface area contributed by atoms with Gasteiger partial charge in [-0.2, -0.15) is 13.2 Å². The highest BCUT2D eigenvalue weighted by atomic mass is 35.5. The zero-order valence-corrected chi connectivity index (χ0v) is 19.0. The van der Waals surface area contributed by atoms with E-state index < -0.39 is 35.1 Å². The first-order chi connectivity index (χ1) is 16.0. The Morgan fingerprint density at radius 3 is 2.44 bits per heavy atom. The number of hydrogen-bond donors (Lipinski definition) is 3. The molecule has 1 atom stereocenters. The maximum absolute atomic E-state index is 13.2.